The highest BCUT2D eigenvalue weighted by atomic mass is 35.5. The van der Waals surface area contributed by atoms with Crippen molar-refractivity contribution in [3.8, 4) is 0 Å². The Morgan fingerprint density at radius 1 is 1.04 bits per heavy atom. The molecule has 0 unspecified atom stereocenters. The van der Waals surface area contributed by atoms with Crippen molar-refractivity contribution in [2.24, 2.45) is 0 Å². The highest BCUT2D eigenvalue weighted by Gasteiger charge is 2.16. The Morgan fingerprint density at radius 3 is 2.48 bits per heavy atom. The van der Waals surface area contributed by atoms with Crippen molar-refractivity contribution >= 4 is 46.4 Å². The first-order valence-corrected chi connectivity index (χ1v) is 8.86. The van der Waals surface area contributed by atoms with Crippen LogP contribution in [0.4, 0.5) is 11.4 Å². The van der Waals surface area contributed by atoms with Gasteiger partial charge in [0.25, 0.3) is 5.91 Å². The molecule has 0 saturated carbocycles. The maximum atomic E-state index is 12.4. The van der Waals surface area contributed by atoms with Gasteiger partial charge < -0.3 is 10.6 Å². The number of nitrogens with zero attached hydrogens (tertiary/aromatic N) is 2. The van der Waals surface area contributed by atoms with Crippen LogP contribution in [0.2, 0.25) is 10.0 Å². The summed E-state index contributed by atoms with van der Waals surface area (Å²) in [6.45, 7) is 1.75. The van der Waals surface area contributed by atoms with Gasteiger partial charge in [0, 0.05) is 28.8 Å². The fourth-order valence-electron chi connectivity index (χ4n) is 2.42. The van der Waals surface area contributed by atoms with Crippen LogP contribution in [-0.4, -0.2) is 21.6 Å². The van der Waals surface area contributed by atoms with E-state index in [0.717, 1.165) is 0 Å². The lowest BCUT2D eigenvalue weighted by molar-refractivity contribution is -0.119. The van der Waals surface area contributed by atoms with E-state index in [-0.39, 0.29) is 11.5 Å². The van der Waals surface area contributed by atoms with Crippen molar-refractivity contribution in [2.75, 3.05) is 10.6 Å². The molecule has 0 bridgehead atoms. The average molecular weight is 403 g/mol. The molecule has 2 N–H and O–H groups in total. The zero-order valence-corrected chi connectivity index (χ0v) is 15.8. The number of anilines is 2. The second-order valence-electron chi connectivity index (χ2n) is 5.81. The summed E-state index contributed by atoms with van der Waals surface area (Å²) in [5, 5.41) is 10.3. The molecule has 0 aliphatic heterocycles. The fraction of sp³-hybridized carbons (Fsp3) is 0.105. The predicted octanol–water partition coefficient (Wildman–Crippen LogP) is 4.64. The number of carbonyl (C=O) groups excluding carboxylic acids is 2. The molecule has 1 atom stereocenters. The summed E-state index contributed by atoms with van der Waals surface area (Å²) in [6, 6.07) is 12.8. The van der Waals surface area contributed by atoms with Crippen LogP contribution in [0.5, 0.6) is 0 Å². The van der Waals surface area contributed by atoms with Gasteiger partial charge in [-0.15, -0.1) is 0 Å². The summed E-state index contributed by atoms with van der Waals surface area (Å²) in [6.07, 6.45) is 3.33. The largest absolute Gasteiger partial charge is 0.324 e. The summed E-state index contributed by atoms with van der Waals surface area (Å²) >= 11 is 12.0. The first kappa shape index (κ1) is 18.9. The fourth-order valence-corrected chi connectivity index (χ4v) is 2.80. The van der Waals surface area contributed by atoms with Gasteiger partial charge in [0.2, 0.25) is 5.91 Å². The molecule has 6 nitrogen and oxygen atoms in total. The van der Waals surface area contributed by atoms with E-state index in [0.29, 0.717) is 21.4 Å². The van der Waals surface area contributed by atoms with Crippen molar-refractivity contribution in [1.29, 1.82) is 0 Å². The van der Waals surface area contributed by atoms with Crippen molar-refractivity contribution in [2.45, 2.75) is 13.0 Å². The number of carbonyl (C=O) groups is 2. The Labute approximate surface area is 166 Å². The standard InChI is InChI=1S/C19H16Cl2N4O2/c1-12(25-9-3-8-22-25)18(26)23-14-4-2-5-15(11-14)24-19(27)16-10-13(20)6-7-17(16)21/h2-12H,1H3,(H,23,26)(H,24,27)/t12-/m0/s1. The maximum absolute atomic E-state index is 12.4. The van der Waals surface area contributed by atoms with Gasteiger partial charge in [-0.25, -0.2) is 0 Å². The van der Waals surface area contributed by atoms with Gasteiger partial charge in [0.05, 0.1) is 10.6 Å². The van der Waals surface area contributed by atoms with Crippen LogP contribution >= 0.6 is 23.2 Å². The summed E-state index contributed by atoms with van der Waals surface area (Å²) in [5.41, 5.74) is 1.33. The van der Waals surface area contributed by atoms with Crippen LogP contribution in [0.25, 0.3) is 0 Å². The number of hydrogen-bond acceptors (Lipinski definition) is 3. The van der Waals surface area contributed by atoms with Crippen LogP contribution in [0.1, 0.15) is 23.3 Å². The number of nitrogens with one attached hydrogen (secondary N) is 2. The number of halogens is 2. The van der Waals surface area contributed by atoms with Gasteiger partial charge in [-0.1, -0.05) is 29.3 Å². The SMILES string of the molecule is C[C@@H](C(=O)Nc1cccc(NC(=O)c2cc(Cl)ccc2Cl)c1)n1cccn1. The Balaban J connectivity index is 1.71. The van der Waals surface area contributed by atoms with Crippen LogP contribution < -0.4 is 10.6 Å². The summed E-state index contributed by atoms with van der Waals surface area (Å²) in [4.78, 5) is 24.8. The van der Waals surface area contributed by atoms with Gasteiger partial charge in [0.15, 0.2) is 0 Å². The minimum atomic E-state index is -0.469. The molecular formula is C19H16Cl2N4O2. The van der Waals surface area contributed by atoms with E-state index in [4.69, 9.17) is 23.2 Å². The zero-order chi connectivity index (χ0) is 19.4. The van der Waals surface area contributed by atoms with Gasteiger partial charge in [-0.2, -0.15) is 5.10 Å². The van der Waals surface area contributed by atoms with E-state index in [1.165, 1.54) is 6.07 Å². The van der Waals surface area contributed by atoms with Gasteiger partial charge in [-0.05, 0) is 49.4 Å². The third kappa shape index (κ3) is 4.67. The molecule has 138 valence electrons. The molecule has 2 aromatic carbocycles. The molecule has 8 heteroatoms. The van der Waals surface area contributed by atoms with Gasteiger partial charge in [-0.3, -0.25) is 14.3 Å². The average Bonchev–Trinajstić information content (AvgIpc) is 3.18. The minimum absolute atomic E-state index is 0.222. The number of amides is 2. The molecule has 2 amide bonds. The highest BCUT2D eigenvalue weighted by molar-refractivity contribution is 6.36. The van der Waals surface area contributed by atoms with Gasteiger partial charge in [0.1, 0.15) is 6.04 Å². The molecule has 0 aliphatic rings. The van der Waals surface area contributed by atoms with Crippen LogP contribution in [0.3, 0.4) is 0 Å². The summed E-state index contributed by atoms with van der Waals surface area (Å²) in [7, 11) is 0. The van der Waals surface area contributed by atoms with E-state index in [1.54, 1.807) is 66.5 Å². The van der Waals surface area contributed by atoms with E-state index in [9.17, 15) is 9.59 Å². The summed E-state index contributed by atoms with van der Waals surface area (Å²) < 4.78 is 1.56. The quantitative estimate of drug-likeness (QED) is 0.652. The number of rotatable bonds is 5. The molecule has 0 fully saturated rings. The molecule has 0 saturated heterocycles. The van der Waals surface area contributed by atoms with Gasteiger partial charge >= 0.3 is 0 Å². The second kappa shape index (κ2) is 8.24. The monoisotopic (exact) mass is 402 g/mol. The normalized spacial score (nSPS) is 11.7. The molecule has 0 radical (unpaired) electrons. The molecular weight excluding hydrogens is 387 g/mol. The third-order valence-electron chi connectivity index (χ3n) is 3.86. The zero-order valence-electron chi connectivity index (χ0n) is 14.3. The molecule has 1 aromatic heterocycles. The molecule has 27 heavy (non-hydrogen) atoms. The Morgan fingerprint density at radius 2 is 1.78 bits per heavy atom. The van der Waals surface area contributed by atoms with Crippen molar-refractivity contribution in [1.82, 2.24) is 9.78 Å². The Bertz CT molecular complexity index is 974. The predicted molar refractivity (Wildman–Crippen MR) is 106 cm³/mol. The molecule has 3 rings (SSSR count). The third-order valence-corrected chi connectivity index (χ3v) is 4.43. The van der Waals surface area contributed by atoms with E-state index < -0.39 is 11.9 Å². The first-order valence-electron chi connectivity index (χ1n) is 8.10. The van der Waals surface area contributed by atoms with Crippen LogP contribution in [0, 0.1) is 0 Å². The minimum Gasteiger partial charge on any atom is -0.324 e. The topological polar surface area (TPSA) is 76.0 Å². The van der Waals surface area contributed by atoms with Crippen molar-refractivity contribution in [3.05, 3.63) is 76.5 Å². The highest BCUT2D eigenvalue weighted by Crippen LogP contribution is 2.23. The smallest absolute Gasteiger partial charge is 0.257 e. The Kier molecular flexibility index (Phi) is 5.78. The second-order valence-corrected chi connectivity index (χ2v) is 6.65. The lowest BCUT2D eigenvalue weighted by Gasteiger charge is -2.14. The summed E-state index contributed by atoms with van der Waals surface area (Å²) in [5.74, 6) is -0.615. The first-order chi connectivity index (χ1) is 12.9. The lowest BCUT2D eigenvalue weighted by atomic mass is 10.2. The molecule has 1 heterocycles. The van der Waals surface area contributed by atoms with E-state index in [1.807, 2.05) is 0 Å². The Hall–Kier alpha value is -2.83. The number of benzene rings is 2. The number of hydrogen-bond donors (Lipinski definition) is 2. The number of aromatic nitrogens is 2. The van der Waals surface area contributed by atoms with Crippen molar-refractivity contribution in [3.63, 3.8) is 0 Å². The van der Waals surface area contributed by atoms with E-state index >= 15 is 0 Å². The molecule has 3 aromatic rings. The molecule has 0 spiro atoms. The van der Waals surface area contributed by atoms with Crippen LogP contribution in [0.15, 0.2) is 60.9 Å². The van der Waals surface area contributed by atoms with Crippen molar-refractivity contribution < 1.29 is 9.59 Å². The van der Waals surface area contributed by atoms with E-state index in [2.05, 4.69) is 15.7 Å². The maximum Gasteiger partial charge on any atom is 0.257 e. The molecule has 0 aliphatic carbocycles. The lowest BCUT2D eigenvalue weighted by Crippen LogP contribution is -2.24. The van der Waals surface area contributed by atoms with Crippen LogP contribution in [-0.2, 0) is 4.79 Å².